The summed E-state index contributed by atoms with van der Waals surface area (Å²) in [6.45, 7) is 0.272. The summed E-state index contributed by atoms with van der Waals surface area (Å²) < 4.78 is 10.5. The fraction of sp³-hybridized carbons (Fsp3) is 0.375. The molecule has 0 amide bonds. The lowest BCUT2D eigenvalue weighted by atomic mass is 9.95. The number of rotatable bonds is 5. The van der Waals surface area contributed by atoms with Crippen molar-refractivity contribution < 1.29 is 14.3 Å². The predicted molar refractivity (Wildman–Crippen MR) is 74.1 cm³/mol. The summed E-state index contributed by atoms with van der Waals surface area (Å²) in [5.74, 6) is 0.426. The van der Waals surface area contributed by atoms with Crippen molar-refractivity contribution in [3.05, 3.63) is 42.0 Å². The molecular formula is C16H17NO3. The molecule has 0 fully saturated rings. The summed E-state index contributed by atoms with van der Waals surface area (Å²) in [6, 6.07) is 8.84. The fourth-order valence-corrected chi connectivity index (χ4v) is 2.08. The number of nitriles is 1. The second-order valence-electron chi connectivity index (χ2n) is 4.73. The van der Waals surface area contributed by atoms with Crippen LogP contribution in [0.15, 0.2) is 36.4 Å². The molecule has 0 aliphatic heterocycles. The highest BCUT2D eigenvalue weighted by atomic mass is 16.6. The lowest BCUT2D eigenvalue weighted by Gasteiger charge is -2.17. The van der Waals surface area contributed by atoms with Gasteiger partial charge in [0.05, 0.1) is 12.2 Å². The van der Waals surface area contributed by atoms with E-state index in [0.717, 1.165) is 19.3 Å². The Balaban J connectivity index is 1.75. The first-order valence-electron chi connectivity index (χ1n) is 6.72. The highest BCUT2D eigenvalue weighted by molar-refractivity contribution is 5.71. The molecule has 0 bridgehead atoms. The SMILES string of the molecule is N#Cc1ccccc1OCC(=O)OCC1CC=CCC1. The molecule has 1 aromatic rings. The number of ether oxygens (including phenoxy) is 2. The number of carbonyl (C=O) groups excluding carboxylic acids is 1. The van der Waals surface area contributed by atoms with Gasteiger partial charge >= 0.3 is 5.97 Å². The largest absolute Gasteiger partial charge is 0.481 e. The Morgan fingerprint density at radius 1 is 1.35 bits per heavy atom. The number of para-hydroxylation sites is 1. The molecule has 1 aliphatic carbocycles. The van der Waals surface area contributed by atoms with Gasteiger partial charge in [-0.25, -0.2) is 4.79 Å². The van der Waals surface area contributed by atoms with Gasteiger partial charge in [0, 0.05) is 0 Å². The number of hydrogen-bond donors (Lipinski definition) is 0. The van der Waals surface area contributed by atoms with Crippen LogP contribution in [0.1, 0.15) is 24.8 Å². The molecule has 0 spiro atoms. The standard InChI is InChI=1S/C16H17NO3/c17-10-14-8-4-5-9-15(14)19-12-16(18)20-11-13-6-2-1-3-7-13/h1-2,4-5,8-9,13H,3,6-7,11-12H2. The lowest BCUT2D eigenvalue weighted by Crippen LogP contribution is -2.20. The molecule has 2 rings (SSSR count). The normalized spacial score (nSPS) is 17.2. The van der Waals surface area contributed by atoms with Crippen LogP contribution in [0, 0.1) is 17.2 Å². The highest BCUT2D eigenvalue weighted by Gasteiger charge is 2.13. The molecule has 0 radical (unpaired) electrons. The number of esters is 1. The van der Waals surface area contributed by atoms with E-state index in [0.29, 0.717) is 23.8 Å². The quantitative estimate of drug-likeness (QED) is 0.610. The highest BCUT2D eigenvalue weighted by Crippen LogP contribution is 2.19. The van der Waals surface area contributed by atoms with Crippen molar-refractivity contribution >= 4 is 5.97 Å². The number of nitrogens with zero attached hydrogens (tertiary/aromatic N) is 1. The molecule has 4 nitrogen and oxygen atoms in total. The molecule has 1 unspecified atom stereocenters. The summed E-state index contributed by atoms with van der Waals surface area (Å²) >= 11 is 0. The molecule has 104 valence electrons. The van der Waals surface area contributed by atoms with Crippen LogP contribution in [0.5, 0.6) is 5.75 Å². The summed E-state index contributed by atoms with van der Waals surface area (Å²) in [5, 5.41) is 8.90. The van der Waals surface area contributed by atoms with Crippen molar-refractivity contribution in [2.24, 2.45) is 5.92 Å². The van der Waals surface area contributed by atoms with Gasteiger partial charge in [0.1, 0.15) is 11.8 Å². The Kier molecular flexibility index (Phi) is 5.19. The van der Waals surface area contributed by atoms with E-state index in [1.165, 1.54) is 0 Å². The molecule has 1 atom stereocenters. The van der Waals surface area contributed by atoms with Crippen molar-refractivity contribution in [2.45, 2.75) is 19.3 Å². The van der Waals surface area contributed by atoms with Crippen LogP contribution < -0.4 is 4.74 Å². The smallest absolute Gasteiger partial charge is 0.344 e. The van der Waals surface area contributed by atoms with E-state index in [1.807, 2.05) is 6.07 Å². The van der Waals surface area contributed by atoms with Crippen LogP contribution in [0.3, 0.4) is 0 Å². The van der Waals surface area contributed by atoms with Gasteiger partial charge in [-0.15, -0.1) is 0 Å². The Hall–Kier alpha value is -2.28. The van der Waals surface area contributed by atoms with E-state index < -0.39 is 5.97 Å². The summed E-state index contributed by atoms with van der Waals surface area (Å²) in [5.41, 5.74) is 0.415. The number of carbonyl (C=O) groups is 1. The van der Waals surface area contributed by atoms with E-state index in [2.05, 4.69) is 12.2 Å². The first kappa shape index (κ1) is 14.1. The Bertz CT molecular complexity index is 531. The van der Waals surface area contributed by atoms with Crippen LogP contribution in [0.25, 0.3) is 0 Å². The van der Waals surface area contributed by atoms with Crippen molar-refractivity contribution in [2.75, 3.05) is 13.2 Å². The van der Waals surface area contributed by atoms with Crippen molar-refractivity contribution in [1.82, 2.24) is 0 Å². The molecular weight excluding hydrogens is 254 g/mol. The van der Waals surface area contributed by atoms with Crippen LogP contribution >= 0.6 is 0 Å². The molecule has 1 aliphatic rings. The maximum absolute atomic E-state index is 11.6. The van der Waals surface area contributed by atoms with Gasteiger partial charge in [-0.2, -0.15) is 5.26 Å². The lowest BCUT2D eigenvalue weighted by molar-refractivity contribution is -0.147. The summed E-state index contributed by atoms with van der Waals surface area (Å²) in [7, 11) is 0. The minimum atomic E-state index is -0.396. The molecule has 0 aromatic heterocycles. The van der Waals surface area contributed by atoms with Gasteiger partial charge in [-0.3, -0.25) is 0 Å². The second kappa shape index (κ2) is 7.34. The zero-order valence-corrected chi connectivity index (χ0v) is 11.2. The molecule has 0 saturated carbocycles. The van der Waals surface area contributed by atoms with E-state index in [-0.39, 0.29) is 6.61 Å². The molecule has 1 aromatic carbocycles. The van der Waals surface area contributed by atoms with E-state index in [1.54, 1.807) is 24.3 Å². The maximum atomic E-state index is 11.6. The minimum absolute atomic E-state index is 0.165. The second-order valence-corrected chi connectivity index (χ2v) is 4.73. The predicted octanol–water partition coefficient (Wildman–Crippen LogP) is 2.84. The van der Waals surface area contributed by atoms with Gasteiger partial charge in [-0.05, 0) is 37.3 Å². The fourth-order valence-electron chi connectivity index (χ4n) is 2.08. The zero-order chi connectivity index (χ0) is 14.2. The van der Waals surface area contributed by atoms with Crippen molar-refractivity contribution in [1.29, 1.82) is 5.26 Å². The Morgan fingerprint density at radius 2 is 2.20 bits per heavy atom. The van der Waals surface area contributed by atoms with E-state index in [9.17, 15) is 4.79 Å². The Labute approximate surface area is 118 Å². The molecule has 4 heteroatoms. The van der Waals surface area contributed by atoms with Gasteiger partial charge in [0.15, 0.2) is 6.61 Å². The first-order valence-corrected chi connectivity index (χ1v) is 6.72. The van der Waals surface area contributed by atoms with Crippen LogP contribution in [0.4, 0.5) is 0 Å². The number of allylic oxidation sites excluding steroid dienone is 2. The number of benzene rings is 1. The first-order chi connectivity index (χ1) is 9.79. The molecule has 20 heavy (non-hydrogen) atoms. The average Bonchev–Trinajstić information content (AvgIpc) is 2.52. The van der Waals surface area contributed by atoms with Crippen LogP contribution in [-0.2, 0) is 9.53 Å². The number of hydrogen-bond acceptors (Lipinski definition) is 4. The van der Waals surface area contributed by atoms with Crippen LogP contribution in [0.2, 0.25) is 0 Å². The molecule has 0 heterocycles. The molecule has 0 N–H and O–H groups in total. The van der Waals surface area contributed by atoms with E-state index in [4.69, 9.17) is 14.7 Å². The summed E-state index contributed by atoms with van der Waals surface area (Å²) in [4.78, 5) is 11.6. The summed E-state index contributed by atoms with van der Waals surface area (Å²) in [6.07, 6.45) is 7.35. The van der Waals surface area contributed by atoms with Gasteiger partial charge in [0.25, 0.3) is 0 Å². The van der Waals surface area contributed by atoms with Gasteiger partial charge in [-0.1, -0.05) is 24.3 Å². The third-order valence-electron chi connectivity index (χ3n) is 3.21. The van der Waals surface area contributed by atoms with Gasteiger partial charge in [0.2, 0.25) is 0 Å². The van der Waals surface area contributed by atoms with Crippen LogP contribution in [-0.4, -0.2) is 19.2 Å². The van der Waals surface area contributed by atoms with Crippen molar-refractivity contribution in [3.63, 3.8) is 0 Å². The minimum Gasteiger partial charge on any atom is -0.481 e. The monoisotopic (exact) mass is 271 g/mol. The topological polar surface area (TPSA) is 59.3 Å². The average molecular weight is 271 g/mol. The molecule has 0 saturated heterocycles. The zero-order valence-electron chi connectivity index (χ0n) is 11.2. The van der Waals surface area contributed by atoms with E-state index >= 15 is 0 Å². The third-order valence-corrected chi connectivity index (χ3v) is 3.21. The third kappa shape index (κ3) is 4.13. The van der Waals surface area contributed by atoms with Gasteiger partial charge < -0.3 is 9.47 Å². The maximum Gasteiger partial charge on any atom is 0.344 e. The Morgan fingerprint density at radius 3 is 2.95 bits per heavy atom. The van der Waals surface area contributed by atoms with Crippen molar-refractivity contribution in [3.8, 4) is 11.8 Å².